The number of rotatable bonds is 7. The summed E-state index contributed by atoms with van der Waals surface area (Å²) in [6, 6.07) is 7.84. The van der Waals surface area contributed by atoms with Crippen LogP contribution >= 0.6 is 0 Å². The minimum absolute atomic E-state index is 0.189. The van der Waals surface area contributed by atoms with Crippen LogP contribution in [0.1, 0.15) is 25.0 Å². The number of hydrogen-bond donors (Lipinski definition) is 1. The van der Waals surface area contributed by atoms with E-state index in [2.05, 4.69) is 11.4 Å². The Labute approximate surface area is 115 Å². The van der Waals surface area contributed by atoms with Crippen LogP contribution in [0, 0.1) is 5.92 Å². The van der Waals surface area contributed by atoms with Gasteiger partial charge in [0.25, 0.3) is 0 Å². The number of carbonyl (C=O) groups excluding carboxylic acids is 1. The smallest absolute Gasteiger partial charge is 0.323 e. The third kappa shape index (κ3) is 5.01. The van der Waals surface area contributed by atoms with E-state index in [-0.39, 0.29) is 17.9 Å². The second-order valence-electron chi connectivity index (χ2n) is 4.88. The molecule has 4 nitrogen and oxygen atoms in total. The molecule has 0 heterocycles. The van der Waals surface area contributed by atoms with E-state index in [4.69, 9.17) is 9.47 Å². The number of methoxy groups -OCH3 is 2. The van der Waals surface area contributed by atoms with Crippen LogP contribution < -0.4 is 5.32 Å². The molecule has 1 aromatic rings. The highest BCUT2D eigenvalue weighted by Crippen LogP contribution is 2.09. The number of benzene rings is 1. The van der Waals surface area contributed by atoms with E-state index >= 15 is 0 Å². The van der Waals surface area contributed by atoms with Gasteiger partial charge in [0.05, 0.1) is 13.7 Å². The number of nitrogens with one attached hydrogen (secondary N) is 1. The summed E-state index contributed by atoms with van der Waals surface area (Å²) in [6.07, 6.45) is 0. The maximum atomic E-state index is 11.6. The highest BCUT2D eigenvalue weighted by Gasteiger charge is 2.21. The van der Waals surface area contributed by atoms with E-state index < -0.39 is 0 Å². The first-order valence-corrected chi connectivity index (χ1v) is 6.46. The van der Waals surface area contributed by atoms with Crippen LogP contribution in [-0.2, 0) is 27.4 Å². The first kappa shape index (κ1) is 15.7. The average molecular weight is 265 g/mol. The molecule has 4 heteroatoms. The third-order valence-electron chi connectivity index (χ3n) is 2.95. The van der Waals surface area contributed by atoms with Crippen LogP contribution in [0.25, 0.3) is 0 Å². The molecule has 0 fully saturated rings. The zero-order valence-electron chi connectivity index (χ0n) is 12.1. The maximum absolute atomic E-state index is 11.6. The molecule has 0 bridgehead atoms. The van der Waals surface area contributed by atoms with Crippen LogP contribution in [0.3, 0.4) is 0 Å². The summed E-state index contributed by atoms with van der Waals surface area (Å²) in [5, 5.41) is 3.24. The van der Waals surface area contributed by atoms with E-state index in [1.54, 1.807) is 7.11 Å². The van der Waals surface area contributed by atoms with Gasteiger partial charge in [-0.1, -0.05) is 38.1 Å². The Balaban J connectivity index is 2.63. The average Bonchev–Trinajstić information content (AvgIpc) is 2.39. The number of ether oxygens (including phenoxy) is 2. The summed E-state index contributed by atoms with van der Waals surface area (Å²) in [6.45, 7) is 5.22. The van der Waals surface area contributed by atoms with E-state index in [9.17, 15) is 4.79 Å². The van der Waals surface area contributed by atoms with E-state index in [0.29, 0.717) is 13.2 Å². The Morgan fingerprint density at radius 1 is 1.26 bits per heavy atom. The highest BCUT2D eigenvalue weighted by molar-refractivity contribution is 5.75. The van der Waals surface area contributed by atoms with Gasteiger partial charge in [-0.25, -0.2) is 0 Å². The second-order valence-corrected chi connectivity index (χ2v) is 4.88. The van der Waals surface area contributed by atoms with Gasteiger partial charge in [0, 0.05) is 13.7 Å². The zero-order valence-corrected chi connectivity index (χ0v) is 12.1. The Kier molecular flexibility index (Phi) is 6.53. The van der Waals surface area contributed by atoms with E-state index in [1.807, 2.05) is 32.0 Å². The van der Waals surface area contributed by atoms with Crippen molar-refractivity contribution in [1.82, 2.24) is 5.32 Å². The van der Waals surface area contributed by atoms with Crippen molar-refractivity contribution in [3.8, 4) is 0 Å². The lowest BCUT2D eigenvalue weighted by Gasteiger charge is -2.20. The molecule has 0 aliphatic heterocycles. The van der Waals surface area contributed by atoms with Gasteiger partial charge in [-0.05, 0) is 17.0 Å². The second kappa shape index (κ2) is 7.92. The summed E-state index contributed by atoms with van der Waals surface area (Å²) in [4.78, 5) is 11.6. The van der Waals surface area contributed by atoms with Gasteiger partial charge >= 0.3 is 5.97 Å². The van der Waals surface area contributed by atoms with E-state index in [0.717, 1.165) is 11.1 Å². The molecule has 1 rings (SSSR count). The van der Waals surface area contributed by atoms with Crippen molar-refractivity contribution in [2.75, 3.05) is 14.2 Å². The molecule has 0 radical (unpaired) electrons. The monoisotopic (exact) mass is 265 g/mol. The summed E-state index contributed by atoms with van der Waals surface area (Å²) in [7, 11) is 3.09. The normalized spacial score (nSPS) is 12.5. The first-order chi connectivity index (χ1) is 9.08. The maximum Gasteiger partial charge on any atom is 0.323 e. The van der Waals surface area contributed by atoms with Crippen molar-refractivity contribution in [2.24, 2.45) is 5.92 Å². The largest absolute Gasteiger partial charge is 0.468 e. The fraction of sp³-hybridized carbons (Fsp3) is 0.533. The van der Waals surface area contributed by atoms with Gasteiger partial charge in [-0.3, -0.25) is 4.79 Å². The van der Waals surface area contributed by atoms with Crippen molar-refractivity contribution in [3.05, 3.63) is 35.4 Å². The van der Waals surface area contributed by atoms with Crippen LogP contribution in [0.15, 0.2) is 24.3 Å². The minimum Gasteiger partial charge on any atom is -0.468 e. The summed E-state index contributed by atoms with van der Waals surface area (Å²) < 4.78 is 9.91. The van der Waals surface area contributed by atoms with Crippen LogP contribution in [0.4, 0.5) is 0 Å². The van der Waals surface area contributed by atoms with Gasteiger partial charge < -0.3 is 14.8 Å². The molecule has 0 aromatic heterocycles. The summed E-state index contributed by atoms with van der Waals surface area (Å²) in [5.74, 6) is -0.0300. The molecule has 0 amide bonds. The van der Waals surface area contributed by atoms with E-state index in [1.165, 1.54) is 7.11 Å². The lowest BCUT2D eigenvalue weighted by atomic mass is 10.0. The molecule has 1 aromatic carbocycles. The first-order valence-electron chi connectivity index (χ1n) is 6.46. The van der Waals surface area contributed by atoms with Gasteiger partial charge in [0.2, 0.25) is 0 Å². The zero-order chi connectivity index (χ0) is 14.3. The van der Waals surface area contributed by atoms with Gasteiger partial charge in [0.15, 0.2) is 0 Å². The number of hydrogen-bond acceptors (Lipinski definition) is 4. The molecule has 0 aliphatic rings. The predicted octanol–water partition coefficient (Wildman–Crippen LogP) is 2.12. The number of carbonyl (C=O) groups is 1. The molecule has 1 atom stereocenters. The van der Waals surface area contributed by atoms with Crippen molar-refractivity contribution >= 4 is 5.97 Å². The number of esters is 1. The van der Waals surface area contributed by atoms with Gasteiger partial charge in [-0.15, -0.1) is 0 Å². The molecule has 0 saturated carbocycles. The topological polar surface area (TPSA) is 47.6 Å². The lowest BCUT2D eigenvalue weighted by molar-refractivity contribution is -0.144. The fourth-order valence-corrected chi connectivity index (χ4v) is 1.94. The highest BCUT2D eigenvalue weighted by atomic mass is 16.5. The molecule has 106 valence electrons. The van der Waals surface area contributed by atoms with Crippen molar-refractivity contribution in [2.45, 2.75) is 33.0 Å². The van der Waals surface area contributed by atoms with Crippen molar-refractivity contribution in [3.63, 3.8) is 0 Å². The lowest BCUT2D eigenvalue weighted by Crippen LogP contribution is -2.41. The standard InChI is InChI=1S/C15H23NO3/c1-11(2)14(15(17)19-4)16-9-12-6-5-7-13(8-12)10-18-3/h5-8,11,14,16H,9-10H2,1-4H3/t14-/m0/s1. The SMILES string of the molecule is COCc1cccc(CN[C@H](C(=O)OC)C(C)C)c1. The van der Waals surface area contributed by atoms with Crippen molar-refractivity contribution in [1.29, 1.82) is 0 Å². The molecular formula is C15H23NO3. The minimum atomic E-state index is -0.281. The van der Waals surface area contributed by atoms with Crippen LogP contribution in [0.2, 0.25) is 0 Å². The van der Waals surface area contributed by atoms with Crippen LogP contribution in [0.5, 0.6) is 0 Å². The Morgan fingerprint density at radius 2 is 1.95 bits per heavy atom. The Bertz CT molecular complexity index is 404. The van der Waals surface area contributed by atoms with Crippen molar-refractivity contribution < 1.29 is 14.3 Å². The predicted molar refractivity (Wildman–Crippen MR) is 74.6 cm³/mol. The van der Waals surface area contributed by atoms with Gasteiger partial charge in [0.1, 0.15) is 6.04 Å². The molecule has 0 aliphatic carbocycles. The quantitative estimate of drug-likeness (QED) is 0.767. The molecule has 0 spiro atoms. The molecule has 1 N–H and O–H groups in total. The van der Waals surface area contributed by atoms with Gasteiger partial charge in [-0.2, -0.15) is 0 Å². The Morgan fingerprint density at radius 3 is 2.53 bits per heavy atom. The Hall–Kier alpha value is -1.39. The third-order valence-corrected chi connectivity index (χ3v) is 2.95. The summed E-state index contributed by atoms with van der Waals surface area (Å²) in [5.41, 5.74) is 2.25. The molecular weight excluding hydrogens is 242 g/mol. The molecule has 19 heavy (non-hydrogen) atoms. The van der Waals surface area contributed by atoms with Crippen LogP contribution in [-0.4, -0.2) is 26.2 Å². The summed E-state index contributed by atoms with van der Waals surface area (Å²) >= 11 is 0. The molecule has 0 unspecified atom stereocenters. The fourth-order valence-electron chi connectivity index (χ4n) is 1.94. The molecule has 0 saturated heterocycles.